The number of ketones is 1. The van der Waals surface area contributed by atoms with Crippen LogP contribution in [0.5, 0.6) is 0 Å². The second-order valence-corrected chi connectivity index (χ2v) is 2.42. The minimum atomic E-state index is -2.49. The van der Waals surface area contributed by atoms with E-state index in [9.17, 15) is 9.59 Å². The van der Waals surface area contributed by atoms with E-state index in [2.05, 4.69) is 0 Å². The van der Waals surface area contributed by atoms with E-state index in [1.165, 1.54) is 0 Å². The van der Waals surface area contributed by atoms with Crippen molar-refractivity contribution in [2.75, 3.05) is 0 Å². The first-order valence-electron chi connectivity index (χ1n) is 2.98. The Bertz CT molecular complexity index is 186. The number of hydrogen-bond acceptors (Lipinski definition) is 4. The molecule has 0 aromatic rings. The van der Waals surface area contributed by atoms with E-state index in [0.717, 1.165) is 13.8 Å². The second kappa shape index (κ2) is 4.72. The molecule has 3 N–H and O–H groups in total. The quantitative estimate of drug-likeness (QED) is 0.400. The van der Waals surface area contributed by atoms with Gasteiger partial charge in [0.05, 0.1) is 0 Å². The van der Waals surface area contributed by atoms with Crippen LogP contribution in [0.4, 0.5) is 0 Å². The van der Waals surface area contributed by atoms with Crippen LogP contribution in [0.3, 0.4) is 0 Å². The minimum absolute atomic E-state index is 0. The van der Waals surface area contributed by atoms with Gasteiger partial charge < -0.3 is 15.3 Å². The third-order valence-corrected chi connectivity index (χ3v) is 1.28. The molecule has 0 aromatic carbocycles. The molecule has 0 radical (unpaired) electrons. The summed E-state index contributed by atoms with van der Waals surface area (Å²) in [5.41, 5.74) is -2.49. The number of carboxylic acids is 1. The fourth-order valence-electron chi connectivity index (χ4n) is 0.512. The molecule has 0 spiro atoms. The van der Waals surface area contributed by atoms with E-state index < -0.39 is 23.5 Å². The Morgan fingerprint density at radius 3 is 1.83 bits per heavy atom. The maximum absolute atomic E-state index is 10.7. The smallest absolute Gasteiger partial charge is 0.343 e. The molecule has 0 amide bonds. The molecule has 0 heterocycles. The number of aliphatic carboxylic acids is 1. The van der Waals surface area contributed by atoms with Crippen molar-refractivity contribution in [3.05, 3.63) is 0 Å². The van der Waals surface area contributed by atoms with Gasteiger partial charge in [-0.1, -0.05) is 0 Å². The monoisotopic (exact) mass is 210 g/mol. The third kappa shape index (κ3) is 3.02. The van der Waals surface area contributed by atoms with Crippen LogP contribution in [0.2, 0.25) is 0 Å². The number of rotatable bonds is 3. The predicted molar refractivity (Wildman–Crippen MR) is 34.9 cm³/mol. The van der Waals surface area contributed by atoms with Crippen LogP contribution in [0.25, 0.3) is 0 Å². The standard InChI is InChI=1S/C6H10O5.Ti/c1-3(7)4(8)6(2,11)5(9)10;/h3,7,11H,1-2H3,(H,9,10);. The summed E-state index contributed by atoms with van der Waals surface area (Å²) in [6.45, 7) is 1.92. The summed E-state index contributed by atoms with van der Waals surface area (Å²) in [6.07, 6.45) is -1.47. The van der Waals surface area contributed by atoms with Crippen molar-refractivity contribution in [2.24, 2.45) is 0 Å². The number of hydrogen-bond donors (Lipinski definition) is 3. The van der Waals surface area contributed by atoms with Crippen LogP contribution in [0, 0.1) is 0 Å². The molecule has 0 aliphatic rings. The summed E-state index contributed by atoms with van der Waals surface area (Å²) >= 11 is 0. The van der Waals surface area contributed by atoms with Crippen molar-refractivity contribution < 1.29 is 46.6 Å². The Balaban J connectivity index is 0. The van der Waals surface area contributed by atoms with Crippen molar-refractivity contribution in [1.29, 1.82) is 0 Å². The number of carbonyl (C=O) groups excluding carboxylic acids is 1. The molecule has 0 aliphatic heterocycles. The zero-order valence-corrected chi connectivity index (χ0v) is 8.30. The first-order chi connectivity index (χ1) is 4.80. The van der Waals surface area contributed by atoms with Gasteiger partial charge in [-0.15, -0.1) is 0 Å². The summed E-state index contributed by atoms with van der Waals surface area (Å²) in [5.74, 6) is -2.78. The van der Waals surface area contributed by atoms with Crippen molar-refractivity contribution in [1.82, 2.24) is 0 Å². The first-order valence-corrected chi connectivity index (χ1v) is 2.98. The molecule has 0 saturated carbocycles. The van der Waals surface area contributed by atoms with E-state index in [4.69, 9.17) is 15.3 Å². The molecular formula is C6H10O5Ti. The summed E-state index contributed by atoms with van der Waals surface area (Å²) in [5, 5.41) is 25.8. The first kappa shape index (κ1) is 14.3. The van der Waals surface area contributed by atoms with Gasteiger partial charge in [-0.05, 0) is 13.8 Å². The maximum Gasteiger partial charge on any atom is 0.343 e. The number of carboxylic acid groups (broad SMARTS) is 1. The number of carbonyl (C=O) groups is 2. The SMILES string of the molecule is CC(O)C(=O)C(C)(O)C(=O)O.[Ti]. The van der Waals surface area contributed by atoms with Crippen LogP contribution in [0.1, 0.15) is 13.8 Å². The van der Waals surface area contributed by atoms with Gasteiger partial charge in [0.25, 0.3) is 0 Å². The largest absolute Gasteiger partial charge is 0.479 e. The van der Waals surface area contributed by atoms with Gasteiger partial charge in [-0.3, -0.25) is 4.79 Å². The Morgan fingerprint density at radius 2 is 1.75 bits per heavy atom. The molecule has 2 atom stereocenters. The average molecular weight is 210 g/mol. The summed E-state index contributed by atoms with van der Waals surface area (Å²) < 4.78 is 0. The zero-order valence-electron chi connectivity index (χ0n) is 6.74. The van der Waals surface area contributed by atoms with Gasteiger partial charge in [0.15, 0.2) is 0 Å². The van der Waals surface area contributed by atoms with Crippen LogP contribution in [-0.2, 0) is 31.3 Å². The van der Waals surface area contributed by atoms with Crippen molar-refractivity contribution in [3.8, 4) is 0 Å². The molecule has 6 heteroatoms. The van der Waals surface area contributed by atoms with Gasteiger partial charge in [0.1, 0.15) is 6.10 Å². The van der Waals surface area contributed by atoms with E-state index >= 15 is 0 Å². The van der Waals surface area contributed by atoms with Crippen molar-refractivity contribution in [2.45, 2.75) is 25.6 Å². The molecule has 0 aromatic heterocycles. The van der Waals surface area contributed by atoms with E-state index in [-0.39, 0.29) is 21.7 Å². The second-order valence-electron chi connectivity index (χ2n) is 2.42. The van der Waals surface area contributed by atoms with E-state index in [0.29, 0.717) is 0 Å². The topological polar surface area (TPSA) is 94.8 Å². The Morgan fingerprint density at radius 1 is 1.42 bits per heavy atom. The third-order valence-electron chi connectivity index (χ3n) is 1.28. The van der Waals surface area contributed by atoms with Crippen molar-refractivity contribution >= 4 is 11.8 Å². The number of aliphatic hydroxyl groups excluding tert-OH is 1. The van der Waals surface area contributed by atoms with Gasteiger partial charge in [0.2, 0.25) is 11.4 Å². The molecule has 2 unspecified atom stereocenters. The summed E-state index contributed by atoms with van der Waals surface area (Å²) in [4.78, 5) is 20.9. The van der Waals surface area contributed by atoms with E-state index in [1.807, 2.05) is 0 Å². The molecule has 5 nitrogen and oxygen atoms in total. The Labute approximate surface area is 84.3 Å². The van der Waals surface area contributed by atoms with Crippen LogP contribution < -0.4 is 0 Å². The van der Waals surface area contributed by atoms with Crippen LogP contribution in [0.15, 0.2) is 0 Å². The zero-order chi connectivity index (χ0) is 9.23. The minimum Gasteiger partial charge on any atom is -0.479 e. The fourth-order valence-corrected chi connectivity index (χ4v) is 0.512. The Kier molecular flexibility index (Phi) is 5.62. The number of Topliss-reactive ketones (excluding diaryl/α,β-unsaturated/α-hetero) is 1. The molecule has 68 valence electrons. The summed E-state index contributed by atoms with van der Waals surface area (Å²) in [6, 6.07) is 0. The van der Waals surface area contributed by atoms with Gasteiger partial charge in [-0.25, -0.2) is 4.79 Å². The molecule has 0 fully saturated rings. The van der Waals surface area contributed by atoms with Gasteiger partial charge in [0, 0.05) is 21.7 Å². The molecule has 12 heavy (non-hydrogen) atoms. The fraction of sp³-hybridized carbons (Fsp3) is 0.667. The van der Waals surface area contributed by atoms with Gasteiger partial charge >= 0.3 is 5.97 Å². The molecule has 0 rings (SSSR count). The predicted octanol–water partition coefficient (Wildman–Crippen LogP) is -1.23. The Hall–Kier alpha value is -0.226. The average Bonchev–Trinajstić information content (AvgIpc) is 1.85. The molecule has 0 saturated heterocycles. The van der Waals surface area contributed by atoms with Crippen molar-refractivity contribution in [3.63, 3.8) is 0 Å². The van der Waals surface area contributed by atoms with E-state index in [1.54, 1.807) is 0 Å². The van der Waals surface area contributed by atoms with Crippen LogP contribution in [-0.4, -0.2) is 38.8 Å². The van der Waals surface area contributed by atoms with Crippen LogP contribution >= 0.6 is 0 Å². The molecular weight excluding hydrogens is 200 g/mol. The summed E-state index contributed by atoms with van der Waals surface area (Å²) in [7, 11) is 0. The maximum atomic E-state index is 10.7. The molecule has 0 bridgehead atoms. The van der Waals surface area contributed by atoms with Gasteiger partial charge in [-0.2, -0.15) is 0 Å². The molecule has 0 aliphatic carbocycles. The number of aliphatic hydroxyl groups is 2. The normalized spacial score (nSPS) is 17.0.